The number of aliphatic imine (C=N–C) groups is 1. The van der Waals surface area contributed by atoms with E-state index in [0.717, 1.165) is 11.6 Å². The molecule has 3 atom stereocenters. The number of rotatable bonds is 8. The third kappa shape index (κ3) is 6.44. The molecule has 0 aliphatic carbocycles. The number of benzene rings is 1. The summed E-state index contributed by atoms with van der Waals surface area (Å²) in [4.78, 5) is 35.2. The maximum absolute atomic E-state index is 14.9. The van der Waals surface area contributed by atoms with Gasteiger partial charge in [0.25, 0.3) is 0 Å². The molecular weight excluding hydrogens is 519 g/mol. The number of amidine groups is 1. The van der Waals surface area contributed by atoms with Crippen LogP contribution in [0.1, 0.15) is 35.5 Å². The van der Waals surface area contributed by atoms with Gasteiger partial charge in [-0.1, -0.05) is 29.8 Å². The van der Waals surface area contributed by atoms with Crippen LogP contribution in [0.4, 0.5) is 4.39 Å². The number of aromatic nitrogens is 1. The number of alkyl halides is 1. The molecule has 2 N–H and O–H groups in total. The van der Waals surface area contributed by atoms with E-state index in [0.29, 0.717) is 45.7 Å². The Kier molecular flexibility index (Phi) is 8.73. The molecule has 0 radical (unpaired) electrons. The van der Waals surface area contributed by atoms with Gasteiger partial charge in [0.15, 0.2) is 10.8 Å². The van der Waals surface area contributed by atoms with E-state index in [-0.39, 0.29) is 19.7 Å². The van der Waals surface area contributed by atoms with Crippen LogP contribution in [-0.4, -0.2) is 65.2 Å². The van der Waals surface area contributed by atoms with Gasteiger partial charge in [0.1, 0.15) is 12.2 Å². The van der Waals surface area contributed by atoms with Crippen LogP contribution in [0.3, 0.4) is 0 Å². The summed E-state index contributed by atoms with van der Waals surface area (Å²) in [6.45, 7) is 4.70. The average molecular weight is 547 g/mol. The molecule has 0 bridgehead atoms. The van der Waals surface area contributed by atoms with Crippen molar-refractivity contribution in [3.63, 3.8) is 0 Å². The summed E-state index contributed by atoms with van der Waals surface area (Å²) in [5.41, 5.74) is 2.50. The highest BCUT2D eigenvalue weighted by Gasteiger charge is 2.36. The van der Waals surface area contributed by atoms with Gasteiger partial charge in [0, 0.05) is 52.9 Å². The fourth-order valence-electron chi connectivity index (χ4n) is 4.47. The lowest BCUT2D eigenvalue weighted by Gasteiger charge is -2.36. The van der Waals surface area contributed by atoms with Gasteiger partial charge in [-0.05, 0) is 38.4 Å². The van der Waals surface area contributed by atoms with Crippen molar-refractivity contribution in [2.45, 2.75) is 32.5 Å². The van der Waals surface area contributed by atoms with E-state index in [1.165, 1.54) is 17.4 Å². The molecule has 196 valence electrons. The SMILES string of the molecule is CCOC(=O)C1=C(CN2CCC(/C=C/C(=O)O)C(F)C2)NC(c2nccs2)=N[C@H]1c1ccc(C)cc1Cl. The van der Waals surface area contributed by atoms with Crippen molar-refractivity contribution in [3.8, 4) is 0 Å². The Morgan fingerprint density at radius 2 is 2.22 bits per heavy atom. The number of hydrogen-bond donors (Lipinski definition) is 2. The number of halogens is 2. The molecule has 11 heteroatoms. The Balaban J connectivity index is 1.71. The number of aryl methyl sites for hydroxylation is 1. The number of likely N-dealkylation sites (tertiary alicyclic amines) is 1. The molecule has 0 spiro atoms. The first kappa shape index (κ1) is 27.0. The van der Waals surface area contributed by atoms with Gasteiger partial charge in [-0.2, -0.15) is 0 Å². The number of hydrogen-bond acceptors (Lipinski definition) is 8. The van der Waals surface area contributed by atoms with E-state index >= 15 is 0 Å². The third-order valence-corrected chi connectivity index (χ3v) is 7.36. The van der Waals surface area contributed by atoms with E-state index in [9.17, 15) is 14.0 Å². The van der Waals surface area contributed by atoms with Crippen molar-refractivity contribution >= 4 is 40.7 Å². The predicted octanol–water partition coefficient (Wildman–Crippen LogP) is 4.31. The van der Waals surface area contributed by atoms with Gasteiger partial charge in [-0.3, -0.25) is 9.89 Å². The number of nitrogens with one attached hydrogen (secondary N) is 1. The number of nitrogens with zero attached hydrogens (tertiary/aromatic N) is 3. The van der Waals surface area contributed by atoms with Crippen LogP contribution in [0.15, 0.2) is 58.2 Å². The lowest BCUT2D eigenvalue weighted by Crippen LogP contribution is -2.45. The van der Waals surface area contributed by atoms with Crippen molar-refractivity contribution in [2.75, 3.05) is 26.2 Å². The second-order valence-electron chi connectivity index (χ2n) is 8.88. The number of carboxylic acids is 1. The molecule has 1 fully saturated rings. The lowest BCUT2D eigenvalue weighted by molar-refractivity contribution is -0.139. The summed E-state index contributed by atoms with van der Waals surface area (Å²) in [5, 5.41) is 15.1. The normalized spacial score (nSPS) is 22.6. The summed E-state index contributed by atoms with van der Waals surface area (Å²) in [6.07, 6.45) is 3.28. The fourth-order valence-corrected chi connectivity index (χ4v) is 5.40. The first-order chi connectivity index (χ1) is 17.8. The lowest BCUT2D eigenvalue weighted by atomic mass is 9.92. The van der Waals surface area contributed by atoms with Crippen LogP contribution in [0.5, 0.6) is 0 Å². The minimum absolute atomic E-state index is 0.0929. The summed E-state index contributed by atoms with van der Waals surface area (Å²) in [5.74, 6) is -1.60. The van der Waals surface area contributed by atoms with Gasteiger partial charge in [-0.25, -0.2) is 19.0 Å². The highest BCUT2D eigenvalue weighted by molar-refractivity contribution is 7.11. The summed E-state index contributed by atoms with van der Waals surface area (Å²) >= 11 is 8.03. The number of carboxylic acid groups (broad SMARTS) is 1. The van der Waals surface area contributed by atoms with Crippen molar-refractivity contribution in [1.82, 2.24) is 15.2 Å². The Labute approximate surface area is 223 Å². The van der Waals surface area contributed by atoms with Crippen LogP contribution >= 0.6 is 22.9 Å². The van der Waals surface area contributed by atoms with E-state index in [4.69, 9.17) is 26.4 Å². The highest BCUT2D eigenvalue weighted by Crippen LogP contribution is 2.37. The number of allylic oxidation sites excluding steroid dienone is 1. The van der Waals surface area contributed by atoms with Crippen molar-refractivity contribution < 1.29 is 23.8 Å². The molecule has 1 saturated heterocycles. The number of ether oxygens (including phenoxy) is 1. The zero-order valence-corrected chi connectivity index (χ0v) is 22.1. The maximum Gasteiger partial charge on any atom is 0.338 e. The average Bonchev–Trinajstić information content (AvgIpc) is 3.38. The van der Waals surface area contributed by atoms with Crippen molar-refractivity contribution in [3.05, 3.63) is 74.4 Å². The quantitative estimate of drug-likeness (QED) is 0.375. The van der Waals surface area contributed by atoms with Crippen molar-refractivity contribution in [2.24, 2.45) is 10.9 Å². The number of thiazole rings is 1. The van der Waals surface area contributed by atoms with E-state index in [2.05, 4.69) is 10.3 Å². The van der Waals surface area contributed by atoms with E-state index < -0.39 is 30.1 Å². The molecule has 4 rings (SSSR count). The molecule has 1 aromatic heterocycles. The predicted molar refractivity (Wildman–Crippen MR) is 141 cm³/mol. The Hall–Kier alpha value is -3.08. The molecular formula is C26H28ClFN4O4S. The first-order valence-electron chi connectivity index (χ1n) is 11.9. The molecule has 2 unspecified atom stereocenters. The number of carbonyl (C=O) groups is 2. The van der Waals surface area contributed by atoms with Crippen LogP contribution in [0.2, 0.25) is 5.02 Å². The largest absolute Gasteiger partial charge is 0.478 e. The first-order valence-corrected chi connectivity index (χ1v) is 13.2. The molecule has 3 heterocycles. The van der Waals surface area contributed by atoms with Crippen LogP contribution in [-0.2, 0) is 14.3 Å². The maximum atomic E-state index is 14.9. The molecule has 2 aliphatic heterocycles. The molecule has 0 saturated carbocycles. The van der Waals surface area contributed by atoms with Crippen LogP contribution in [0, 0.1) is 12.8 Å². The molecule has 0 amide bonds. The second-order valence-corrected chi connectivity index (χ2v) is 10.2. The van der Waals surface area contributed by atoms with E-state index in [1.807, 2.05) is 35.4 Å². The zero-order valence-electron chi connectivity index (χ0n) is 20.5. The number of esters is 1. The van der Waals surface area contributed by atoms with Gasteiger partial charge in [0.05, 0.1) is 12.2 Å². The van der Waals surface area contributed by atoms with Gasteiger partial charge >= 0.3 is 11.9 Å². The zero-order chi connectivity index (χ0) is 26.5. The Morgan fingerprint density at radius 3 is 2.86 bits per heavy atom. The monoisotopic (exact) mass is 546 g/mol. The third-order valence-electron chi connectivity index (χ3n) is 6.25. The molecule has 2 aliphatic rings. The Bertz CT molecular complexity index is 1250. The summed E-state index contributed by atoms with van der Waals surface area (Å²) in [6, 6.07) is 4.85. The van der Waals surface area contributed by atoms with E-state index in [1.54, 1.807) is 13.1 Å². The Morgan fingerprint density at radius 1 is 1.41 bits per heavy atom. The number of carbonyl (C=O) groups excluding carboxylic acids is 1. The van der Waals surface area contributed by atoms with Gasteiger partial charge in [0.2, 0.25) is 0 Å². The molecule has 1 aromatic carbocycles. The minimum Gasteiger partial charge on any atom is -0.478 e. The van der Waals surface area contributed by atoms with Gasteiger partial charge < -0.3 is 15.2 Å². The van der Waals surface area contributed by atoms with Crippen LogP contribution in [0.25, 0.3) is 0 Å². The summed E-state index contributed by atoms with van der Waals surface area (Å²) in [7, 11) is 0. The molecule has 8 nitrogen and oxygen atoms in total. The van der Waals surface area contributed by atoms with Gasteiger partial charge in [-0.15, -0.1) is 11.3 Å². The minimum atomic E-state index is -1.24. The number of piperidine rings is 1. The van der Waals surface area contributed by atoms with Crippen molar-refractivity contribution in [1.29, 1.82) is 0 Å². The topological polar surface area (TPSA) is 104 Å². The standard InChI is InChI=1S/C26H28ClFN4O4S/c1-3-36-26(35)22-20(14-32-10-8-16(19(28)13-32)5-7-21(33)34)30-24(25-29-9-11-37-25)31-23(22)17-6-4-15(2)12-18(17)27/h4-7,9,11-12,16,19,23H,3,8,10,13-14H2,1-2H3,(H,30,31)(H,33,34)/b7-5+/t16?,19?,23-/m0/s1. The highest BCUT2D eigenvalue weighted by atomic mass is 35.5. The smallest absolute Gasteiger partial charge is 0.338 e. The molecule has 2 aromatic rings. The second kappa shape index (κ2) is 12.0. The fraction of sp³-hybridized carbons (Fsp3) is 0.385. The summed E-state index contributed by atoms with van der Waals surface area (Å²) < 4.78 is 20.4. The number of aliphatic carboxylic acids is 1. The molecule has 37 heavy (non-hydrogen) atoms. The van der Waals surface area contributed by atoms with Crippen LogP contribution < -0.4 is 5.32 Å².